The van der Waals surface area contributed by atoms with Gasteiger partial charge in [0.15, 0.2) is 22.4 Å². The molecule has 2 heterocycles. The van der Waals surface area contributed by atoms with Crippen LogP contribution < -0.4 is 5.56 Å². The fourth-order valence-electron chi connectivity index (χ4n) is 3.15. The van der Waals surface area contributed by atoms with Crippen molar-refractivity contribution < 1.29 is 15.0 Å². The summed E-state index contributed by atoms with van der Waals surface area (Å²) in [5, 5.41) is 20.1. The van der Waals surface area contributed by atoms with Gasteiger partial charge in [0, 0.05) is 17.5 Å². The summed E-state index contributed by atoms with van der Waals surface area (Å²) in [4.78, 5) is 31.7. The Morgan fingerprint density at radius 2 is 2.12 bits per heavy atom. The van der Waals surface area contributed by atoms with Crippen LogP contribution in [0.1, 0.15) is 27.2 Å². The second kappa shape index (κ2) is 6.44. The molecule has 0 spiro atoms. The maximum atomic E-state index is 12.7. The van der Waals surface area contributed by atoms with Gasteiger partial charge in [-0.05, 0) is 43.0 Å². The Bertz CT molecular complexity index is 1100. The molecule has 0 fully saturated rings. The van der Waals surface area contributed by atoms with Gasteiger partial charge in [-0.2, -0.15) is 0 Å². The van der Waals surface area contributed by atoms with Gasteiger partial charge in [0.05, 0.1) is 11.1 Å². The number of aromatic nitrogens is 2. The molecule has 0 bridgehead atoms. The van der Waals surface area contributed by atoms with Gasteiger partial charge in [0.1, 0.15) is 4.83 Å². The molecule has 0 atom stereocenters. The first kappa shape index (κ1) is 17.1. The summed E-state index contributed by atoms with van der Waals surface area (Å²) in [6, 6.07) is 3.97. The molecule has 26 heavy (non-hydrogen) atoms. The molecule has 3 aromatic rings. The third kappa shape index (κ3) is 2.79. The van der Waals surface area contributed by atoms with Crippen molar-refractivity contribution in [2.24, 2.45) is 7.05 Å². The first-order valence-electron chi connectivity index (χ1n) is 8.15. The Morgan fingerprint density at radius 1 is 1.31 bits per heavy atom. The molecule has 4 rings (SSSR count). The monoisotopic (exact) mass is 388 g/mol. The minimum Gasteiger partial charge on any atom is -0.504 e. The lowest BCUT2D eigenvalue weighted by Crippen LogP contribution is -2.20. The molecule has 2 aromatic heterocycles. The molecular formula is C18H16N2O4S2. The SMILES string of the molecule is Cn1c(SCC(=O)c2ccc(O)c(O)c2)nc2sc3c(c2c1=O)CCC3. The van der Waals surface area contributed by atoms with Crippen LogP contribution in [0.2, 0.25) is 0 Å². The van der Waals surface area contributed by atoms with Gasteiger partial charge < -0.3 is 10.2 Å². The third-order valence-electron chi connectivity index (χ3n) is 4.54. The van der Waals surface area contributed by atoms with E-state index in [2.05, 4.69) is 4.98 Å². The van der Waals surface area contributed by atoms with Crippen LogP contribution >= 0.6 is 23.1 Å². The molecule has 0 saturated heterocycles. The summed E-state index contributed by atoms with van der Waals surface area (Å²) >= 11 is 2.77. The van der Waals surface area contributed by atoms with E-state index in [0.717, 1.165) is 35.0 Å². The minimum absolute atomic E-state index is 0.0633. The van der Waals surface area contributed by atoms with Crippen molar-refractivity contribution in [1.29, 1.82) is 0 Å². The summed E-state index contributed by atoms with van der Waals surface area (Å²) in [5.74, 6) is -0.732. The van der Waals surface area contributed by atoms with Gasteiger partial charge in [-0.3, -0.25) is 14.2 Å². The van der Waals surface area contributed by atoms with E-state index in [-0.39, 0.29) is 28.6 Å². The maximum absolute atomic E-state index is 12.7. The van der Waals surface area contributed by atoms with Crippen LogP contribution in [0.25, 0.3) is 10.2 Å². The Hall–Kier alpha value is -2.32. The minimum atomic E-state index is -0.333. The number of fused-ring (bicyclic) bond motifs is 3. The number of thiophene rings is 1. The van der Waals surface area contributed by atoms with Crippen molar-refractivity contribution in [1.82, 2.24) is 9.55 Å². The lowest BCUT2D eigenvalue weighted by molar-refractivity contribution is 0.102. The number of nitrogens with zero attached hydrogens (tertiary/aromatic N) is 2. The average Bonchev–Trinajstić information content (AvgIpc) is 3.19. The van der Waals surface area contributed by atoms with E-state index in [1.54, 1.807) is 18.4 Å². The molecule has 0 aliphatic heterocycles. The van der Waals surface area contributed by atoms with Crippen LogP contribution in [0.3, 0.4) is 0 Å². The number of ketones is 1. The van der Waals surface area contributed by atoms with Crippen LogP contribution in [0, 0.1) is 0 Å². The summed E-state index contributed by atoms with van der Waals surface area (Å²) in [5.41, 5.74) is 1.38. The number of phenolic OH excluding ortho intramolecular Hbond substituents is 2. The van der Waals surface area contributed by atoms with Crippen LogP contribution in [-0.4, -0.2) is 31.3 Å². The summed E-state index contributed by atoms with van der Waals surface area (Å²) < 4.78 is 1.50. The predicted molar refractivity (Wildman–Crippen MR) is 102 cm³/mol. The number of benzene rings is 1. The summed E-state index contributed by atoms with van der Waals surface area (Å²) in [6.07, 6.45) is 3.02. The lowest BCUT2D eigenvalue weighted by Gasteiger charge is -2.07. The fraction of sp³-hybridized carbons (Fsp3) is 0.278. The predicted octanol–water partition coefficient (Wildman–Crippen LogP) is 2.87. The number of aromatic hydroxyl groups is 2. The smallest absolute Gasteiger partial charge is 0.262 e. The van der Waals surface area contributed by atoms with Crippen molar-refractivity contribution in [2.75, 3.05) is 5.75 Å². The Kier molecular flexibility index (Phi) is 4.24. The van der Waals surface area contributed by atoms with Crippen LogP contribution in [0.15, 0.2) is 28.2 Å². The number of hydrogen-bond donors (Lipinski definition) is 2. The molecule has 1 aliphatic rings. The van der Waals surface area contributed by atoms with E-state index in [9.17, 15) is 19.8 Å². The van der Waals surface area contributed by atoms with Crippen LogP contribution in [-0.2, 0) is 19.9 Å². The number of hydrogen-bond acceptors (Lipinski definition) is 7. The highest BCUT2D eigenvalue weighted by Crippen LogP contribution is 2.35. The lowest BCUT2D eigenvalue weighted by atomic mass is 10.1. The van der Waals surface area contributed by atoms with E-state index in [1.807, 2.05) is 0 Å². The first-order chi connectivity index (χ1) is 12.5. The van der Waals surface area contributed by atoms with E-state index in [0.29, 0.717) is 10.7 Å². The number of rotatable bonds is 4. The standard InChI is InChI=1S/C18H16N2O4S2/c1-20-17(24)15-10-3-2-4-14(10)26-16(15)19-18(20)25-8-13(23)9-5-6-11(21)12(22)7-9/h5-7,21-22H,2-4,8H2,1H3. The molecule has 1 aliphatic carbocycles. The van der Waals surface area contributed by atoms with Crippen molar-refractivity contribution in [3.63, 3.8) is 0 Å². The van der Waals surface area contributed by atoms with Gasteiger partial charge in [0.2, 0.25) is 0 Å². The second-order valence-electron chi connectivity index (χ2n) is 6.21. The average molecular weight is 388 g/mol. The molecule has 6 nitrogen and oxygen atoms in total. The van der Waals surface area contributed by atoms with E-state index in [1.165, 1.54) is 39.4 Å². The maximum Gasteiger partial charge on any atom is 0.262 e. The number of carbonyl (C=O) groups excluding carboxylic acids is 1. The fourth-order valence-corrected chi connectivity index (χ4v) is 5.31. The van der Waals surface area contributed by atoms with Crippen LogP contribution in [0.4, 0.5) is 0 Å². The summed E-state index contributed by atoms with van der Waals surface area (Å²) in [7, 11) is 1.67. The zero-order valence-corrected chi connectivity index (χ0v) is 15.6. The number of aryl methyl sites for hydroxylation is 2. The highest BCUT2D eigenvalue weighted by atomic mass is 32.2. The van der Waals surface area contributed by atoms with Crippen molar-refractivity contribution in [3.8, 4) is 11.5 Å². The van der Waals surface area contributed by atoms with Crippen molar-refractivity contribution in [2.45, 2.75) is 24.4 Å². The Morgan fingerprint density at radius 3 is 2.88 bits per heavy atom. The third-order valence-corrected chi connectivity index (χ3v) is 6.75. The molecule has 2 N–H and O–H groups in total. The molecular weight excluding hydrogens is 372 g/mol. The van der Waals surface area contributed by atoms with E-state index in [4.69, 9.17) is 0 Å². The zero-order chi connectivity index (χ0) is 18.4. The number of thioether (sulfide) groups is 1. The van der Waals surface area contributed by atoms with E-state index < -0.39 is 0 Å². The Balaban J connectivity index is 1.61. The molecule has 1 aromatic carbocycles. The highest BCUT2D eigenvalue weighted by Gasteiger charge is 2.22. The van der Waals surface area contributed by atoms with Gasteiger partial charge in [0.25, 0.3) is 5.56 Å². The molecule has 134 valence electrons. The van der Waals surface area contributed by atoms with Gasteiger partial charge in [-0.1, -0.05) is 11.8 Å². The number of phenols is 2. The Labute approximate surface area is 157 Å². The van der Waals surface area contributed by atoms with Gasteiger partial charge >= 0.3 is 0 Å². The first-order valence-corrected chi connectivity index (χ1v) is 9.95. The highest BCUT2D eigenvalue weighted by molar-refractivity contribution is 7.99. The molecule has 0 amide bonds. The van der Waals surface area contributed by atoms with Gasteiger partial charge in [-0.15, -0.1) is 11.3 Å². The van der Waals surface area contributed by atoms with Crippen molar-refractivity contribution >= 4 is 39.1 Å². The molecule has 8 heteroatoms. The molecule has 0 unspecified atom stereocenters. The normalized spacial score (nSPS) is 13.3. The van der Waals surface area contributed by atoms with Crippen LogP contribution in [0.5, 0.6) is 11.5 Å². The topological polar surface area (TPSA) is 92.4 Å². The number of Topliss-reactive ketones (excluding diaryl/α,β-unsaturated/α-hetero) is 1. The number of carbonyl (C=O) groups is 1. The second-order valence-corrected chi connectivity index (χ2v) is 8.24. The summed E-state index contributed by atoms with van der Waals surface area (Å²) in [6.45, 7) is 0. The largest absolute Gasteiger partial charge is 0.504 e. The van der Waals surface area contributed by atoms with Crippen molar-refractivity contribution in [3.05, 3.63) is 44.6 Å². The molecule has 0 radical (unpaired) electrons. The molecule has 0 saturated carbocycles. The van der Waals surface area contributed by atoms with Gasteiger partial charge in [-0.25, -0.2) is 4.98 Å². The van der Waals surface area contributed by atoms with E-state index >= 15 is 0 Å². The quantitative estimate of drug-likeness (QED) is 0.309. The zero-order valence-electron chi connectivity index (χ0n) is 14.0.